The van der Waals surface area contributed by atoms with Crippen LogP contribution in [0.2, 0.25) is 0 Å². The van der Waals surface area contributed by atoms with E-state index in [9.17, 15) is 44.4 Å². The summed E-state index contributed by atoms with van der Waals surface area (Å²) >= 11 is 5.62. The van der Waals surface area contributed by atoms with Gasteiger partial charge in [-0.05, 0) is 222 Å². The lowest BCUT2D eigenvalue weighted by Crippen LogP contribution is -2.41. The summed E-state index contributed by atoms with van der Waals surface area (Å²) in [6.45, 7) is 12.2. The van der Waals surface area contributed by atoms with Crippen molar-refractivity contribution in [2.75, 3.05) is 39.9 Å². The van der Waals surface area contributed by atoms with Crippen molar-refractivity contribution in [3.63, 3.8) is 0 Å². The second-order valence-electron chi connectivity index (χ2n) is 27.5. The fourth-order valence-electron chi connectivity index (χ4n) is 13.6. The van der Waals surface area contributed by atoms with Crippen molar-refractivity contribution in [1.82, 2.24) is 66.3 Å². The van der Waals surface area contributed by atoms with E-state index < -0.39 is 20.0 Å². The summed E-state index contributed by atoms with van der Waals surface area (Å²) in [5, 5.41) is 10.2. The molecule has 103 heavy (non-hydrogen) atoms. The van der Waals surface area contributed by atoms with Crippen LogP contribution in [-0.2, 0) is 20.0 Å². The predicted octanol–water partition coefficient (Wildman–Crippen LogP) is 11.2. The van der Waals surface area contributed by atoms with Crippen LogP contribution in [0.1, 0.15) is 150 Å². The van der Waals surface area contributed by atoms with E-state index in [0.717, 1.165) is 64.2 Å². The quantitative estimate of drug-likeness (QED) is 0.0418. The van der Waals surface area contributed by atoms with Crippen LogP contribution in [0.15, 0.2) is 143 Å². The van der Waals surface area contributed by atoms with Crippen molar-refractivity contribution in [1.29, 1.82) is 0 Å². The van der Waals surface area contributed by atoms with Crippen molar-refractivity contribution in [2.45, 2.75) is 186 Å². The molecule has 3 saturated carbocycles. The van der Waals surface area contributed by atoms with E-state index in [1.54, 1.807) is 114 Å². The number of anilines is 3. The highest BCUT2D eigenvalue weighted by molar-refractivity contribution is 7.89. The number of halogens is 4. The minimum atomic E-state index is -3.32. The molecule has 1 aliphatic heterocycles. The summed E-state index contributed by atoms with van der Waals surface area (Å²) < 4.78 is 103. The van der Waals surface area contributed by atoms with Crippen molar-refractivity contribution < 1.29 is 30.0 Å². The Balaban J connectivity index is 0.000000156. The summed E-state index contributed by atoms with van der Waals surface area (Å²) in [5.74, 6) is 0.929. The number of alkyl halides is 1. The Morgan fingerprint density at radius 2 is 0.835 bits per heavy atom. The SMILES string of the molecule is CC(C)n1cc(-c2ccnc(NC3CCC(N)CC3)n2)n(-c2ccc(F)cc2)c1=O.CC(C)n1cc(-c2ccnc(NC3CCC(N4CCCS4(=O)=O)CC3)n2)n(-c2ccc(F)cc2)c1=O.CC(C)n1cc(-c2ccnc(NC3CCC(NS(=O)(=O)CCCCl)CC3)n2)n(-c2ccc(F)cc2)c1=O. The maximum absolute atomic E-state index is 13.5. The van der Waals surface area contributed by atoms with Crippen LogP contribution in [0.25, 0.3) is 51.2 Å². The normalized spacial score (nSPS) is 19.9. The van der Waals surface area contributed by atoms with E-state index in [-0.39, 0.29) is 94.4 Å². The van der Waals surface area contributed by atoms with Gasteiger partial charge in [0, 0.05) is 104 Å². The number of nitrogens with one attached hydrogen (secondary N) is 4. The monoisotopic (exact) mass is 1470 g/mol. The third-order valence-electron chi connectivity index (χ3n) is 19.1. The van der Waals surface area contributed by atoms with Crippen molar-refractivity contribution >= 4 is 49.5 Å². The summed E-state index contributed by atoms with van der Waals surface area (Å²) in [4.78, 5) is 66.6. The lowest BCUT2D eigenvalue weighted by atomic mass is 9.91. The highest BCUT2D eigenvalue weighted by Gasteiger charge is 2.37. The Bertz CT molecular complexity index is 4770. The van der Waals surface area contributed by atoms with E-state index in [1.807, 2.05) is 41.5 Å². The fourth-order valence-corrected chi connectivity index (χ4v) is 17.1. The minimum Gasteiger partial charge on any atom is -0.351 e. The molecule has 25 nitrogen and oxygen atoms in total. The second-order valence-corrected chi connectivity index (χ2v) is 31.8. The zero-order chi connectivity index (χ0) is 73.3. The molecule has 0 amide bonds. The number of hydrogen-bond acceptors (Lipinski definition) is 17. The standard InChI is InChI=1S/C25H32ClFN6O3S.C25H31FN6O3S.C22H27FN6O/c1-17(2)32-16-23(33(25(32)34)21-10-4-18(27)5-11-21)22-12-14-28-24(30-22)29-19-6-8-20(9-7-19)31-37(35,36)15-3-13-26;1-17(2)30-16-23(32(25(30)33)21-8-4-18(26)5-9-21)22-12-13-27-24(29-22)28-19-6-10-20(11-7-19)31-14-3-15-36(31,34)35;1-14(2)28-13-20(29(22(28)30)18-9-3-15(23)4-10-18)19-11-12-25-21(27-19)26-17-7-5-16(24)6-8-17/h4-5,10-12,14,16-17,19-20,31H,3,6-9,13,15H2,1-2H3,(H,28,29,30);4-5,8-9,12-13,16-17,19-20H,3,6-7,10-11,14-15H2,1-2H3,(H,27,28,29);3-4,9-14,16-17H,5-8,24H2,1-2H3,(H,25,26,27). The van der Waals surface area contributed by atoms with Gasteiger partial charge in [-0.25, -0.2) is 79.0 Å². The fraction of sp³-hybridized carbons (Fsp3) is 0.458. The van der Waals surface area contributed by atoms with Gasteiger partial charge in [0.25, 0.3) is 0 Å². The third kappa shape index (κ3) is 18.6. The van der Waals surface area contributed by atoms with Gasteiger partial charge in [-0.15, -0.1) is 11.6 Å². The minimum absolute atomic E-state index is 0.0242. The van der Waals surface area contributed by atoms with Gasteiger partial charge in [0.15, 0.2) is 0 Å². The molecule has 6 aromatic heterocycles. The lowest BCUT2D eigenvalue weighted by molar-refractivity contribution is 0.257. The first-order valence-corrected chi connectivity index (χ1v) is 39.0. The molecule has 1 saturated heterocycles. The van der Waals surface area contributed by atoms with Gasteiger partial charge in [-0.1, -0.05) is 0 Å². The molecule has 7 heterocycles. The number of aromatic nitrogens is 12. The Hall–Kier alpha value is -8.81. The first-order chi connectivity index (χ1) is 49.3. The van der Waals surface area contributed by atoms with Crippen LogP contribution in [0.3, 0.4) is 0 Å². The first kappa shape index (κ1) is 75.4. The smallest absolute Gasteiger partial charge is 0.333 e. The first-order valence-electron chi connectivity index (χ1n) is 35.2. The van der Waals surface area contributed by atoms with Gasteiger partial charge >= 0.3 is 17.1 Å². The van der Waals surface area contributed by atoms with Crippen LogP contribution in [0.4, 0.5) is 31.0 Å². The molecular formula is C72H90ClF3N18O7S2. The third-order valence-corrected chi connectivity index (χ3v) is 22.8. The van der Waals surface area contributed by atoms with Crippen LogP contribution in [-0.4, -0.2) is 139 Å². The highest BCUT2D eigenvalue weighted by Crippen LogP contribution is 2.32. The Labute approximate surface area is 602 Å². The van der Waals surface area contributed by atoms with Crippen LogP contribution in [0, 0.1) is 17.5 Å². The van der Waals surface area contributed by atoms with Crippen LogP contribution in [0.5, 0.6) is 0 Å². The van der Waals surface area contributed by atoms with Crippen molar-refractivity contribution in [3.8, 4) is 51.2 Å². The van der Waals surface area contributed by atoms with E-state index in [1.165, 1.54) is 45.5 Å². The average molecular weight is 1480 g/mol. The van der Waals surface area contributed by atoms with Crippen molar-refractivity contribution in [3.05, 3.63) is 177 Å². The molecule has 4 fully saturated rings. The largest absolute Gasteiger partial charge is 0.351 e. The molecule has 0 unspecified atom stereocenters. The Kier molecular flexibility index (Phi) is 24.4. The highest BCUT2D eigenvalue weighted by atomic mass is 35.5. The maximum atomic E-state index is 13.5. The predicted molar refractivity (Wildman–Crippen MR) is 395 cm³/mol. The summed E-state index contributed by atoms with van der Waals surface area (Å²) in [5.41, 5.74) is 10.6. The number of imidazole rings is 3. The number of rotatable bonds is 21. The van der Waals surface area contributed by atoms with E-state index >= 15 is 0 Å². The van der Waals surface area contributed by atoms with Gasteiger partial charge in [0.05, 0.1) is 62.7 Å². The van der Waals surface area contributed by atoms with Gasteiger partial charge in [-0.2, -0.15) is 4.31 Å². The molecule has 0 atom stereocenters. The molecule has 0 spiro atoms. The van der Waals surface area contributed by atoms with Gasteiger partial charge < -0.3 is 21.7 Å². The maximum Gasteiger partial charge on any atom is 0.333 e. The Morgan fingerprint density at radius 3 is 1.16 bits per heavy atom. The molecule has 6 N–H and O–H groups in total. The number of hydrogen-bond donors (Lipinski definition) is 5. The second kappa shape index (κ2) is 33.3. The molecule has 3 aromatic carbocycles. The molecule has 0 radical (unpaired) electrons. The van der Waals surface area contributed by atoms with Gasteiger partial charge in [0.2, 0.25) is 37.9 Å². The molecule has 9 aromatic rings. The Morgan fingerprint density at radius 1 is 0.505 bits per heavy atom. The average Bonchev–Trinajstić information content (AvgIpc) is 1.62. The number of benzene rings is 3. The number of nitrogens with zero attached hydrogens (tertiary/aromatic N) is 13. The van der Waals surface area contributed by atoms with Gasteiger partial charge in [-0.3, -0.25) is 27.4 Å². The van der Waals surface area contributed by atoms with Gasteiger partial charge in [0.1, 0.15) is 17.5 Å². The van der Waals surface area contributed by atoms with Crippen LogP contribution >= 0.6 is 11.6 Å². The molecular weight excluding hydrogens is 1390 g/mol. The lowest BCUT2D eigenvalue weighted by Gasteiger charge is -2.33. The summed E-state index contributed by atoms with van der Waals surface area (Å²) in [6.07, 6.45) is 21.6. The van der Waals surface area contributed by atoms with E-state index in [0.29, 0.717) is 113 Å². The molecule has 4 aliphatic rings. The molecule has 3 aliphatic carbocycles. The molecule has 13 rings (SSSR count). The number of nitrogens with two attached hydrogens (primary N) is 1. The zero-order valence-electron chi connectivity index (χ0n) is 58.6. The topological polar surface area (TPSA) is 304 Å². The van der Waals surface area contributed by atoms with E-state index in [2.05, 4.69) is 45.6 Å². The molecule has 0 bridgehead atoms. The zero-order valence-corrected chi connectivity index (χ0v) is 61.0. The van der Waals surface area contributed by atoms with Crippen LogP contribution < -0.4 is 43.5 Å². The van der Waals surface area contributed by atoms with E-state index in [4.69, 9.17) is 22.3 Å². The summed E-state index contributed by atoms with van der Waals surface area (Å²) in [6, 6.07) is 23.3. The molecule has 550 valence electrons. The number of sulfonamides is 2. The van der Waals surface area contributed by atoms with Crippen molar-refractivity contribution in [2.24, 2.45) is 5.73 Å². The summed E-state index contributed by atoms with van der Waals surface area (Å²) in [7, 11) is -6.42. The molecule has 31 heteroatoms.